The zero-order chi connectivity index (χ0) is 22.4. The number of ether oxygens (including phenoxy) is 2. The molecule has 3 nitrogen and oxygen atoms in total. The van der Waals surface area contributed by atoms with Crippen LogP contribution in [-0.2, 0) is 13.9 Å². The summed E-state index contributed by atoms with van der Waals surface area (Å²) in [5.74, 6) is 0. The highest BCUT2D eigenvalue weighted by Crippen LogP contribution is 2.37. The van der Waals surface area contributed by atoms with Gasteiger partial charge in [0.05, 0.1) is 12.7 Å². The quantitative estimate of drug-likeness (QED) is 0.451. The molecule has 168 valence electrons. The van der Waals surface area contributed by atoms with Crippen LogP contribution in [-0.4, -0.2) is 27.6 Å². The largest absolute Gasteiger partial charge is 0.407 e. The van der Waals surface area contributed by atoms with Crippen molar-refractivity contribution < 1.29 is 13.9 Å². The summed E-state index contributed by atoms with van der Waals surface area (Å²) < 4.78 is 19.2. The van der Waals surface area contributed by atoms with Crippen molar-refractivity contribution in [3.05, 3.63) is 96.6 Å². The maximum Gasteiger partial charge on any atom is 0.261 e. The molecule has 1 fully saturated rings. The molecule has 4 rings (SSSR count). The van der Waals surface area contributed by atoms with Gasteiger partial charge in [-0.25, -0.2) is 0 Å². The lowest BCUT2D eigenvalue weighted by molar-refractivity contribution is -0.219. The second kappa shape index (κ2) is 10.1. The van der Waals surface area contributed by atoms with E-state index in [0.717, 1.165) is 18.4 Å². The number of benzene rings is 3. The SMILES string of the molecule is CC(C)(C)[Si](OCCC1CCOC(c2ccccc2)O1)(c1ccccc1)c1ccccc1. The van der Waals surface area contributed by atoms with E-state index in [2.05, 4.69) is 93.6 Å². The Bertz CT molecular complexity index is 915. The summed E-state index contributed by atoms with van der Waals surface area (Å²) in [5, 5.41) is 2.61. The summed E-state index contributed by atoms with van der Waals surface area (Å²) >= 11 is 0. The molecule has 1 aliphatic rings. The molecule has 0 amide bonds. The van der Waals surface area contributed by atoms with Crippen LogP contribution in [0.4, 0.5) is 0 Å². The third-order valence-corrected chi connectivity index (χ3v) is 11.3. The normalized spacial score (nSPS) is 19.6. The van der Waals surface area contributed by atoms with E-state index >= 15 is 0 Å². The molecule has 0 aromatic heterocycles. The van der Waals surface area contributed by atoms with Crippen molar-refractivity contribution in [1.29, 1.82) is 0 Å². The van der Waals surface area contributed by atoms with Crippen molar-refractivity contribution >= 4 is 18.7 Å². The second-order valence-corrected chi connectivity index (χ2v) is 13.8. The Hall–Kier alpha value is -2.24. The van der Waals surface area contributed by atoms with Gasteiger partial charge in [0, 0.05) is 12.2 Å². The van der Waals surface area contributed by atoms with Crippen molar-refractivity contribution in [2.45, 2.75) is 51.0 Å². The molecule has 0 radical (unpaired) electrons. The highest BCUT2D eigenvalue weighted by Gasteiger charge is 2.50. The van der Waals surface area contributed by atoms with E-state index in [-0.39, 0.29) is 17.4 Å². The molecule has 0 aliphatic carbocycles. The van der Waals surface area contributed by atoms with E-state index < -0.39 is 8.32 Å². The first-order valence-electron chi connectivity index (χ1n) is 11.6. The minimum atomic E-state index is -2.50. The van der Waals surface area contributed by atoms with Gasteiger partial charge in [0.1, 0.15) is 0 Å². The summed E-state index contributed by atoms with van der Waals surface area (Å²) in [4.78, 5) is 0. The van der Waals surface area contributed by atoms with E-state index in [9.17, 15) is 0 Å². The first-order chi connectivity index (χ1) is 15.5. The number of rotatable bonds is 7. The Kier molecular flexibility index (Phi) is 7.26. The van der Waals surface area contributed by atoms with Crippen LogP contribution >= 0.6 is 0 Å². The Balaban J connectivity index is 1.53. The van der Waals surface area contributed by atoms with Gasteiger partial charge >= 0.3 is 0 Å². The lowest BCUT2D eigenvalue weighted by atomic mass is 10.1. The van der Waals surface area contributed by atoms with Gasteiger partial charge in [-0.3, -0.25) is 0 Å². The van der Waals surface area contributed by atoms with Gasteiger partial charge in [-0.2, -0.15) is 0 Å². The third kappa shape index (κ3) is 4.89. The second-order valence-electron chi connectivity index (χ2n) is 9.46. The maximum absolute atomic E-state index is 7.03. The molecule has 32 heavy (non-hydrogen) atoms. The molecule has 0 bridgehead atoms. The first kappa shape index (κ1) is 22.9. The average Bonchev–Trinajstić information content (AvgIpc) is 2.83. The molecule has 0 spiro atoms. The zero-order valence-electron chi connectivity index (χ0n) is 19.4. The maximum atomic E-state index is 7.03. The Morgan fingerprint density at radius 2 is 1.34 bits per heavy atom. The van der Waals surface area contributed by atoms with Crippen LogP contribution in [0.1, 0.15) is 45.5 Å². The number of hydrogen-bond acceptors (Lipinski definition) is 3. The predicted octanol–water partition coefficient (Wildman–Crippen LogP) is 5.46. The fourth-order valence-electron chi connectivity index (χ4n) is 4.69. The molecule has 2 unspecified atom stereocenters. The summed E-state index contributed by atoms with van der Waals surface area (Å²) in [6.45, 7) is 8.32. The fourth-order valence-corrected chi connectivity index (χ4v) is 9.27. The van der Waals surface area contributed by atoms with Crippen molar-refractivity contribution in [3.63, 3.8) is 0 Å². The molecule has 1 aliphatic heterocycles. The Labute approximate surface area is 193 Å². The summed E-state index contributed by atoms with van der Waals surface area (Å²) in [5.41, 5.74) is 1.07. The van der Waals surface area contributed by atoms with Gasteiger partial charge in [0.15, 0.2) is 6.29 Å². The zero-order valence-corrected chi connectivity index (χ0v) is 20.4. The fraction of sp³-hybridized carbons (Fsp3) is 0.357. The van der Waals surface area contributed by atoms with Crippen LogP contribution in [0.5, 0.6) is 0 Å². The summed E-state index contributed by atoms with van der Waals surface area (Å²) in [6, 6.07) is 31.8. The molecule has 2 atom stereocenters. The summed E-state index contributed by atoms with van der Waals surface area (Å²) in [6.07, 6.45) is 1.60. The van der Waals surface area contributed by atoms with Crippen LogP contribution in [0.15, 0.2) is 91.0 Å². The van der Waals surface area contributed by atoms with Gasteiger partial charge in [0.25, 0.3) is 8.32 Å². The molecule has 1 saturated heterocycles. The van der Waals surface area contributed by atoms with Gasteiger partial charge in [-0.05, 0) is 28.3 Å². The van der Waals surface area contributed by atoms with E-state index in [1.54, 1.807) is 0 Å². The molecule has 1 heterocycles. The van der Waals surface area contributed by atoms with Crippen LogP contribution in [0, 0.1) is 0 Å². The van der Waals surface area contributed by atoms with E-state index in [0.29, 0.717) is 13.2 Å². The van der Waals surface area contributed by atoms with Crippen molar-refractivity contribution in [1.82, 2.24) is 0 Å². The molecular weight excluding hydrogens is 412 g/mol. The van der Waals surface area contributed by atoms with E-state index in [4.69, 9.17) is 13.9 Å². The first-order valence-corrected chi connectivity index (χ1v) is 13.5. The van der Waals surface area contributed by atoms with Crippen LogP contribution in [0.3, 0.4) is 0 Å². The van der Waals surface area contributed by atoms with Gasteiger partial charge in [0.2, 0.25) is 0 Å². The Morgan fingerprint density at radius 3 is 1.88 bits per heavy atom. The minimum absolute atomic E-state index is 0.0151. The molecule has 0 saturated carbocycles. The highest BCUT2D eigenvalue weighted by molar-refractivity contribution is 6.99. The minimum Gasteiger partial charge on any atom is -0.407 e. The van der Waals surface area contributed by atoms with E-state index in [1.807, 2.05) is 18.2 Å². The molecular formula is C28H34O3Si. The molecule has 3 aromatic carbocycles. The lowest BCUT2D eigenvalue weighted by Crippen LogP contribution is -2.66. The monoisotopic (exact) mass is 446 g/mol. The van der Waals surface area contributed by atoms with E-state index in [1.165, 1.54) is 10.4 Å². The van der Waals surface area contributed by atoms with Crippen molar-refractivity contribution in [3.8, 4) is 0 Å². The molecule has 4 heteroatoms. The standard InChI is InChI=1S/C28H34O3Si/c1-28(2,3)32(25-15-9-5-10-16-25,26-17-11-6-12-18-26)30-22-20-24-19-21-29-27(31-24)23-13-7-4-8-14-23/h4-18,24,27H,19-22H2,1-3H3. The van der Waals surface area contributed by atoms with Gasteiger partial charge in [-0.15, -0.1) is 0 Å². The topological polar surface area (TPSA) is 27.7 Å². The summed E-state index contributed by atoms with van der Waals surface area (Å²) in [7, 11) is -2.50. The lowest BCUT2D eigenvalue weighted by Gasteiger charge is -2.43. The van der Waals surface area contributed by atoms with Gasteiger partial charge in [-0.1, -0.05) is 112 Å². The van der Waals surface area contributed by atoms with Crippen LogP contribution in [0.2, 0.25) is 5.04 Å². The molecule has 0 N–H and O–H groups in total. The number of hydrogen-bond donors (Lipinski definition) is 0. The third-order valence-electron chi connectivity index (χ3n) is 6.27. The Morgan fingerprint density at radius 1 is 0.812 bits per heavy atom. The highest BCUT2D eigenvalue weighted by atomic mass is 28.4. The van der Waals surface area contributed by atoms with Gasteiger partial charge < -0.3 is 13.9 Å². The smallest absolute Gasteiger partial charge is 0.261 e. The van der Waals surface area contributed by atoms with Crippen LogP contribution in [0.25, 0.3) is 0 Å². The van der Waals surface area contributed by atoms with Crippen LogP contribution < -0.4 is 10.4 Å². The van der Waals surface area contributed by atoms with Crippen molar-refractivity contribution in [2.24, 2.45) is 0 Å². The molecule has 3 aromatic rings. The predicted molar refractivity (Wildman–Crippen MR) is 133 cm³/mol. The average molecular weight is 447 g/mol. The van der Waals surface area contributed by atoms with Crippen molar-refractivity contribution in [2.75, 3.05) is 13.2 Å².